The van der Waals surface area contributed by atoms with Gasteiger partial charge in [0.25, 0.3) is 5.78 Å². The Morgan fingerprint density at radius 2 is 1.69 bits per heavy atom. The molecule has 1 unspecified atom stereocenters. The van der Waals surface area contributed by atoms with Crippen LogP contribution in [0.25, 0.3) is 5.76 Å². The number of Topliss-reactive ketones (excluding diaryl/α,β-unsaturated/α-hetero) is 1. The maximum atomic E-state index is 13.6. The number of aliphatic hydroxyl groups is 1. The standard InChI is InChI=1S/C28H27FN2O7S/c1-5-36-19-13-10-17(14-20(19)37-6-2)22-21(23(32)16-8-11-18(29)12-9-16)24(33)26(34)31(22)28-30-15(4)25(39-28)27(35)38-7-3/h8-14,22,32H,5-7H2,1-4H3. The number of aromatic nitrogens is 1. The van der Waals surface area contributed by atoms with E-state index in [0.717, 1.165) is 28.4 Å². The van der Waals surface area contributed by atoms with Gasteiger partial charge in [-0.15, -0.1) is 0 Å². The first-order valence-electron chi connectivity index (χ1n) is 12.3. The summed E-state index contributed by atoms with van der Waals surface area (Å²) in [6, 6.07) is 8.70. The van der Waals surface area contributed by atoms with Crippen molar-refractivity contribution in [3.63, 3.8) is 0 Å². The number of carbonyl (C=O) groups excluding carboxylic acids is 3. The van der Waals surface area contributed by atoms with Crippen LogP contribution in [0.2, 0.25) is 0 Å². The average Bonchev–Trinajstić information content (AvgIpc) is 3.42. The van der Waals surface area contributed by atoms with E-state index >= 15 is 0 Å². The Kier molecular flexibility index (Phi) is 8.29. The Bertz CT molecular complexity index is 1450. The van der Waals surface area contributed by atoms with Crippen LogP contribution in [0.3, 0.4) is 0 Å². The summed E-state index contributed by atoms with van der Waals surface area (Å²) in [6.07, 6.45) is 0. The first-order valence-corrected chi connectivity index (χ1v) is 13.1. The molecule has 0 radical (unpaired) electrons. The summed E-state index contributed by atoms with van der Waals surface area (Å²) >= 11 is 0.904. The van der Waals surface area contributed by atoms with E-state index in [0.29, 0.717) is 36.0 Å². The Labute approximate surface area is 228 Å². The van der Waals surface area contributed by atoms with E-state index in [1.165, 1.54) is 12.1 Å². The number of rotatable bonds is 9. The summed E-state index contributed by atoms with van der Waals surface area (Å²) in [5.41, 5.74) is 0.686. The molecular formula is C28H27FN2O7S. The van der Waals surface area contributed by atoms with Crippen LogP contribution >= 0.6 is 11.3 Å². The lowest BCUT2D eigenvalue weighted by atomic mass is 9.95. The first kappa shape index (κ1) is 27.8. The van der Waals surface area contributed by atoms with E-state index in [1.54, 1.807) is 39.0 Å². The molecule has 39 heavy (non-hydrogen) atoms. The second kappa shape index (κ2) is 11.6. The van der Waals surface area contributed by atoms with E-state index in [-0.39, 0.29) is 27.8 Å². The molecule has 0 aliphatic carbocycles. The summed E-state index contributed by atoms with van der Waals surface area (Å²) in [4.78, 5) is 45.1. The van der Waals surface area contributed by atoms with Crippen LogP contribution in [0.15, 0.2) is 48.0 Å². The van der Waals surface area contributed by atoms with Crippen molar-refractivity contribution < 1.29 is 38.1 Å². The Morgan fingerprint density at radius 3 is 2.33 bits per heavy atom. The number of hydrogen-bond acceptors (Lipinski definition) is 9. The number of aliphatic hydroxyl groups excluding tert-OH is 1. The summed E-state index contributed by atoms with van der Waals surface area (Å²) in [5.74, 6) is -2.66. The molecule has 3 aromatic rings. The number of amides is 1. The average molecular weight is 555 g/mol. The Balaban J connectivity index is 1.94. The molecule has 1 atom stereocenters. The molecule has 9 nitrogen and oxygen atoms in total. The lowest BCUT2D eigenvalue weighted by molar-refractivity contribution is -0.132. The zero-order valence-corrected chi connectivity index (χ0v) is 22.6. The number of ether oxygens (including phenoxy) is 3. The zero-order chi connectivity index (χ0) is 28.3. The van der Waals surface area contributed by atoms with Gasteiger partial charge in [0, 0.05) is 5.56 Å². The predicted octanol–water partition coefficient (Wildman–Crippen LogP) is 5.19. The van der Waals surface area contributed by atoms with Crippen molar-refractivity contribution >= 4 is 39.9 Å². The Hall–Kier alpha value is -4.25. The molecule has 11 heteroatoms. The number of ketones is 1. The van der Waals surface area contributed by atoms with E-state index in [2.05, 4.69) is 4.98 Å². The molecule has 0 spiro atoms. The molecule has 4 rings (SSSR count). The third kappa shape index (κ3) is 5.35. The maximum absolute atomic E-state index is 13.6. The van der Waals surface area contributed by atoms with Gasteiger partial charge < -0.3 is 19.3 Å². The maximum Gasteiger partial charge on any atom is 0.350 e. The molecule has 1 aliphatic heterocycles. The molecular weight excluding hydrogens is 527 g/mol. The van der Waals surface area contributed by atoms with E-state index in [9.17, 15) is 23.9 Å². The van der Waals surface area contributed by atoms with E-state index in [1.807, 2.05) is 6.92 Å². The minimum atomic E-state index is -1.13. The van der Waals surface area contributed by atoms with Crippen LogP contribution < -0.4 is 14.4 Å². The van der Waals surface area contributed by atoms with Gasteiger partial charge in [0.2, 0.25) is 0 Å². The fourth-order valence-electron chi connectivity index (χ4n) is 4.22. The van der Waals surface area contributed by atoms with Gasteiger partial charge in [-0.05, 0) is 69.7 Å². The number of halogens is 1. The van der Waals surface area contributed by atoms with Gasteiger partial charge in [-0.3, -0.25) is 14.5 Å². The molecule has 0 bridgehead atoms. The number of esters is 1. The molecule has 0 saturated carbocycles. The van der Waals surface area contributed by atoms with Crippen LogP contribution in [0.5, 0.6) is 11.5 Å². The number of thiazole rings is 1. The summed E-state index contributed by atoms with van der Waals surface area (Å²) in [7, 11) is 0. The highest BCUT2D eigenvalue weighted by Gasteiger charge is 2.48. The molecule has 1 amide bonds. The van der Waals surface area contributed by atoms with Gasteiger partial charge in [0.05, 0.1) is 37.1 Å². The fourth-order valence-corrected chi connectivity index (χ4v) is 5.20. The van der Waals surface area contributed by atoms with Crippen molar-refractivity contribution in [3.8, 4) is 11.5 Å². The first-order chi connectivity index (χ1) is 18.7. The van der Waals surface area contributed by atoms with Crippen LogP contribution in [0, 0.1) is 12.7 Å². The highest BCUT2D eigenvalue weighted by molar-refractivity contribution is 7.17. The molecule has 2 aromatic carbocycles. The highest BCUT2D eigenvalue weighted by atomic mass is 32.1. The zero-order valence-electron chi connectivity index (χ0n) is 21.8. The highest BCUT2D eigenvalue weighted by Crippen LogP contribution is 2.45. The predicted molar refractivity (Wildman–Crippen MR) is 143 cm³/mol. The van der Waals surface area contributed by atoms with Crippen molar-refractivity contribution in [1.82, 2.24) is 4.98 Å². The third-order valence-electron chi connectivity index (χ3n) is 5.90. The van der Waals surface area contributed by atoms with E-state index < -0.39 is 35.3 Å². The van der Waals surface area contributed by atoms with Crippen molar-refractivity contribution in [3.05, 3.63) is 75.6 Å². The van der Waals surface area contributed by atoms with Gasteiger partial charge in [0.1, 0.15) is 16.5 Å². The van der Waals surface area contributed by atoms with Crippen LogP contribution in [0.1, 0.15) is 53.3 Å². The van der Waals surface area contributed by atoms with Gasteiger partial charge >= 0.3 is 11.9 Å². The third-order valence-corrected chi connectivity index (χ3v) is 7.03. The van der Waals surface area contributed by atoms with Gasteiger partial charge in [-0.1, -0.05) is 17.4 Å². The number of carbonyl (C=O) groups is 3. The van der Waals surface area contributed by atoms with Crippen molar-refractivity contribution in [2.24, 2.45) is 0 Å². The summed E-state index contributed by atoms with van der Waals surface area (Å²) in [6.45, 7) is 7.77. The normalized spacial score (nSPS) is 16.4. The fraction of sp³-hybridized carbons (Fsp3) is 0.286. The SMILES string of the molecule is CCOC(=O)c1sc(N2C(=O)C(=O)C(=C(O)c3ccc(F)cc3)C2c2ccc(OCC)c(OCC)c2)nc1C. The molecule has 204 valence electrons. The smallest absolute Gasteiger partial charge is 0.350 e. The monoisotopic (exact) mass is 554 g/mol. The van der Waals surface area contributed by atoms with E-state index in [4.69, 9.17) is 14.2 Å². The number of hydrogen-bond donors (Lipinski definition) is 1. The molecule has 1 saturated heterocycles. The summed E-state index contributed by atoms with van der Waals surface area (Å²) < 4.78 is 30.1. The number of aryl methyl sites for hydroxylation is 1. The topological polar surface area (TPSA) is 115 Å². The molecule has 1 fully saturated rings. The lowest BCUT2D eigenvalue weighted by Crippen LogP contribution is -2.29. The second-order valence-corrected chi connectivity index (χ2v) is 9.36. The number of nitrogens with zero attached hydrogens (tertiary/aromatic N) is 2. The van der Waals surface area contributed by atoms with Gasteiger partial charge in [0.15, 0.2) is 16.6 Å². The van der Waals surface area contributed by atoms with Gasteiger partial charge in [-0.2, -0.15) is 0 Å². The minimum Gasteiger partial charge on any atom is -0.507 e. The molecule has 2 heterocycles. The number of benzene rings is 2. The molecule has 1 N–H and O–H groups in total. The largest absolute Gasteiger partial charge is 0.507 e. The number of anilines is 1. The van der Waals surface area contributed by atoms with Gasteiger partial charge in [-0.25, -0.2) is 14.2 Å². The van der Waals surface area contributed by atoms with Crippen LogP contribution in [-0.2, 0) is 14.3 Å². The van der Waals surface area contributed by atoms with Crippen molar-refractivity contribution in [2.45, 2.75) is 33.7 Å². The summed E-state index contributed by atoms with van der Waals surface area (Å²) in [5, 5.41) is 11.3. The van der Waals surface area contributed by atoms with Crippen molar-refractivity contribution in [2.75, 3.05) is 24.7 Å². The van der Waals surface area contributed by atoms with Crippen molar-refractivity contribution in [1.29, 1.82) is 0 Å². The lowest BCUT2D eigenvalue weighted by Gasteiger charge is -2.24. The minimum absolute atomic E-state index is 0.0765. The molecule has 1 aromatic heterocycles. The second-order valence-electron chi connectivity index (χ2n) is 8.38. The van der Waals surface area contributed by atoms with Crippen LogP contribution in [-0.4, -0.2) is 47.6 Å². The Morgan fingerprint density at radius 1 is 1.03 bits per heavy atom. The quantitative estimate of drug-likeness (QED) is 0.166. The molecule has 1 aliphatic rings. The van der Waals surface area contributed by atoms with Crippen LogP contribution in [0.4, 0.5) is 9.52 Å².